The number of alkyl halides is 9. The van der Waals surface area contributed by atoms with E-state index in [1.807, 2.05) is 0 Å². The van der Waals surface area contributed by atoms with Gasteiger partial charge in [-0.1, -0.05) is 11.6 Å². The predicted molar refractivity (Wildman–Crippen MR) is 63.4 cm³/mol. The molecule has 0 fully saturated rings. The van der Waals surface area contributed by atoms with Crippen molar-refractivity contribution in [1.82, 2.24) is 0 Å². The van der Waals surface area contributed by atoms with E-state index in [0.29, 0.717) is 0 Å². The summed E-state index contributed by atoms with van der Waals surface area (Å²) in [6, 6.07) is 0.0309. The third-order valence-corrected chi connectivity index (χ3v) is 3.62. The Morgan fingerprint density at radius 2 is 1.32 bits per heavy atom. The first kappa shape index (κ1) is 19.2. The van der Waals surface area contributed by atoms with Crippen molar-refractivity contribution in [2.24, 2.45) is 0 Å². The third-order valence-electron chi connectivity index (χ3n) is 2.66. The number of nitrogen functional groups attached to an aromatic ring is 1. The van der Waals surface area contributed by atoms with Gasteiger partial charge in [-0.3, -0.25) is 0 Å². The van der Waals surface area contributed by atoms with E-state index in [0.717, 1.165) is 0 Å². The highest BCUT2D eigenvalue weighted by Gasteiger charge is 2.81. The lowest BCUT2D eigenvalue weighted by Gasteiger charge is -2.36. The first-order valence-corrected chi connectivity index (χ1v) is 6.19. The Bertz CT molecular complexity index is 560. The second-order valence-corrected chi connectivity index (χ2v) is 5.34. The van der Waals surface area contributed by atoms with Crippen LogP contribution in [-0.2, 0) is 5.67 Å². The summed E-state index contributed by atoms with van der Waals surface area (Å²) in [5, 5.41) is -0.825. The van der Waals surface area contributed by atoms with Crippen molar-refractivity contribution in [1.29, 1.82) is 0 Å². The summed E-state index contributed by atoms with van der Waals surface area (Å²) in [5.74, 6) is -6.75. The predicted octanol–water partition coefficient (Wildman–Crippen LogP) is 5.61. The standard InChI is InChI=1S/C10H4BrClF9N/c11-4-1-3(2-5(12)6(4)22)7(13,9(16,17)18)8(14,15)10(19,20)21/h1-2H,22H2. The lowest BCUT2D eigenvalue weighted by atomic mass is 9.87. The third kappa shape index (κ3) is 2.72. The van der Waals surface area contributed by atoms with Crippen LogP contribution in [0.3, 0.4) is 0 Å². The SMILES string of the molecule is Nc1c(Cl)cc(C(F)(C(F)(F)F)C(F)(F)C(F)(F)F)cc1Br. The summed E-state index contributed by atoms with van der Waals surface area (Å²) < 4.78 is 115. The Labute approximate surface area is 130 Å². The monoisotopic (exact) mass is 423 g/mol. The van der Waals surface area contributed by atoms with E-state index < -0.39 is 44.7 Å². The number of hydrogen-bond donors (Lipinski definition) is 1. The minimum atomic E-state index is -6.79. The normalized spacial score (nSPS) is 16.5. The number of nitrogens with two attached hydrogens (primary N) is 1. The second kappa shape index (κ2) is 5.36. The summed E-state index contributed by atoms with van der Waals surface area (Å²) in [4.78, 5) is 0. The van der Waals surface area contributed by atoms with Gasteiger partial charge >= 0.3 is 23.9 Å². The summed E-state index contributed by atoms with van der Waals surface area (Å²) >= 11 is 7.83. The zero-order valence-corrected chi connectivity index (χ0v) is 12.2. The molecule has 126 valence electrons. The molecule has 0 aliphatic heterocycles. The number of hydrogen-bond acceptors (Lipinski definition) is 1. The highest BCUT2D eigenvalue weighted by molar-refractivity contribution is 9.10. The molecule has 1 atom stereocenters. The maximum absolute atomic E-state index is 14.1. The van der Waals surface area contributed by atoms with Crippen LogP contribution in [0.2, 0.25) is 5.02 Å². The van der Waals surface area contributed by atoms with Crippen LogP contribution in [0.25, 0.3) is 0 Å². The fourth-order valence-corrected chi connectivity index (χ4v) is 2.30. The van der Waals surface area contributed by atoms with Crippen molar-refractivity contribution in [3.8, 4) is 0 Å². The zero-order chi connectivity index (χ0) is 17.7. The summed E-state index contributed by atoms with van der Waals surface area (Å²) in [7, 11) is 0. The number of halogens is 11. The van der Waals surface area contributed by atoms with Crippen LogP contribution < -0.4 is 5.73 Å². The van der Waals surface area contributed by atoms with E-state index in [1.54, 1.807) is 0 Å². The van der Waals surface area contributed by atoms with Crippen LogP contribution >= 0.6 is 27.5 Å². The van der Waals surface area contributed by atoms with E-state index >= 15 is 0 Å². The molecule has 0 heterocycles. The van der Waals surface area contributed by atoms with Gasteiger partial charge in [-0.15, -0.1) is 0 Å². The minimum Gasteiger partial charge on any atom is -0.397 e. The largest absolute Gasteiger partial charge is 0.457 e. The lowest BCUT2D eigenvalue weighted by Crippen LogP contribution is -2.59. The van der Waals surface area contributed by atoms with Gasteiger partial charge in [0.25, 0.3) is 0 Å². The first-order chi connectivity index (χ1) is 9.57. The van der Waals surface area contributed by atoms with Gasteiger partial charge in [-0.25, -0.2) is 4.39 Å². The van der Waals surface area contributed by atoms with Gasteiger partial charge in [0.1, 0.15) is 0 Å². The van der Waals surface area contributed by atoms with Crippen molar-refractivity contribution in [3.63, 3.8) is 0 Å². The van der Waals surface area contributed by atoms with Gasteiger partial charge in [-0.05, 0) is 28.1 Å². The molecule has 1 rings (SSSR count). The molecule has 0 bridgehead atoms. The molecule has 0 radical (unpaired) electrons. The molecule has 0 aliphatic rings. The zero-order valence-electron chi connectivity index (χ0n) is 9.89. The van der Waals surface area contributed by atoms with Crippen LogP contribution in [-0.4, -0.2) is 18.3 Å². The van der Waals surface area contributed by atoms with Gasteiger partial charge in [0.15, 0.2) is 0 Å². The summed E-state index contributed by atoms with van der Waals surface area (Å²) in [6.07, 6.45) is -13.4. The number of benzene rings is 1. The molecule has 2 N–H and O–H groups in total. The number of anilines is 1. The molecule has 0 aromatic heterocycles. The molecule has 0 spiro atoms. The highest BCUT2D eigenvalue weighted by atomic mass is 79.9. The fraction of sp³-hybridized carbons (Fsp3) is 0.400. The van der Waals surface area contributed by atoms with Crippen LogP contribution in [0.1, 0.15) is 5.56 Å². The van der Waals surface area contributed by atoms with E-state index in [-0.39, 0.29) is 12.1 Å². The Balaban J connectivity index is 3.77. The molecule has 22 heavy (non-hydrogen) atoms. The van der Waals surface area contributed by atoms with E-state index in [1.165, 1.54) is 0 Å². The Kier molecular flexibility index (Phi) is 4.68. The molecule has 0 amide bonds. The van der Waals surface area contributed by atoms with Gasteiger partial charge < -0.3 is 5.73 Å². The van der Waals surface area contributed by atoms with E-state index in [4.69, 9.17) is 17.3 Å². The van der Waals surface area contributed by atoms with Gasteiger partial charge in [0.2, 0.25) is 0 Å². The van der Waals surface area contributed by atoms with Crippen molar-refractivity contribution < 1.29 is 39.5 Å². The minimum absolute atomic E-state index is 0.0329. The maximum atomic E-state index is 14.1. The smallest absolute Gasteiger partial charge is 0.397 e. The van der Waals surface area contributed by atoms with Crippen molar-refractivity contribution in [3.05, 3.63) is 27.2 Å². The van der Waals surface area contributed by atoms with Crippen LogP contribution in [0.15, 0.2) is 16.6 Å². The molecule has 0 saturated carbocycles. The molecule has 1 aromatic carbocycles. The van der Waals surface area contributed by atoms with E-state index in [2.05, 4.69) is 15.9 Å². The Morgan fingerprint density at radius 3 is 1.64 bits per heavy atom. The maximum Gasteiger partial charge on any atom is 0.457 e. The van der Waals surface area contributed by atoms with Gasteiger partial charge in [-0.2, -0.15) is 35.1 Å². The molecule has 12 heteroatoms. The van der Waals surface area contributed by atoms with Crippen molar-refractivity contribution >= 4 is 33.2 Å². The first-order valence-electron chi connectivity index (χ1n) is 5.02. The van der Waals surface area contributed by atoms with Crippen LogP contribution in [0.4, 0.5) is 45.2 Å². The van der Waals surface area contributed by atoms with Gasteiger partial charge in [0, 0.05) is 10.0 Å². The average molecular weight is 424 g/mol. The van der Waals surface area contributed by atoms with E-state index in [9.17, 15) is 39.5 Å². The fourth-order valence-electron chi connectivity index (χ4n) is 1.50. The molecule has 1 unspecified atom stereocenters. The quantitative estimate of drug-likeness (QED) is 0.485. The Hall–Kier alpha value is -0.840. The Morgan fingerprint density at radius 1 is 0.864 bits per heavy atom. The molecular formula is C10H4BrClF9N. The highest BCUT2D eigenvalue weighted by Crippen LogP contribution is 2.58. The van der Waals surface area contributed by atoms with Crippen molar-refractivity contribution in [2.75, 3.05) is 5.73 Å². The second-order valence-electron chi connectivity index (χ2n) is 4.08. The number of rotatable bonds is 2. The average Bonchev–Trinajstić information content (AvgIpc) is 2.31. The summed E-state index contributed by atoms with van der Waals surface area (Å²) in [5.41, 5.74) is -3.33. The molecule has 1 aromatic rings. The molecule has 1 nitrogen and oxygen atoms in total. The summed E-state index contributed by atoms with van der Waals surface area (Å²) in [6.45, 7) is 0. The van der Waals surface area contributed by atoms with Crippen LogP contribution in [0, 0.1) is 0 Å². The lowest BCUT2D eigenvalue weighted by molar-refractivity contribution is -0.389. The molecular weight excluding hydrogens is 420 g/mol. The van der Waals surface area contributed by atoms with Gasteiger partial charge in [0.05, 0.1) is 10.7 Å². The molecule has 0 saturated heterocycles. The topological polar surface area (TPSA) is 26.0 Å². The van der Waals surface area contributed by atoms with Crippen LogP contribution in [0.5, 0.6) is 0 Å². The van der Waals surface area contributed by atoms with Crippen molar-refractivity contribution in [2.45, 2.75) is 23.9 Å². The molecule has 0 aliphatic carbocycles.